The second-order valence-electron chi connectivity index (χ2n) is 8.88. The van der Waals surface area contributed by atoms with Crippen LogP contribution in [0.3, 0.4) is 0 Å². The summed E-state index contributed by atoms with van der Waals surface area (Å²) < 4.78 is 12.0. The molecule has 1 unspecified atom stereocenters. The lowest BCUT2D eigenvalue weighted by molar-refractivity contribution is -0.139. The molecule has 1 fully saturated rings. The van der Waals surface area contributed by atoms with E-state index in [0.717, 1.165) is 21.6 Å². The van der Waals surface area contributed by atoms with Crippen molar-refractivity contribution in [3.63, 3.8) is 0 Å². The van der Waals surface area contributed by atoms with Gasteiger partial charge in [-0.15, -0.1) is 0 Å². The summed E-state index contributed by atoms with van der Waals surface area (Å²) in [7, 11) is 0. The molecule has 7 nitrogen and oxygen atoms in total. The van der Waals surface area contributed by atoms with Gasteiger partial charge in [0.25, 0.3) is 11.8 Å². The van der Waals surface area contributed by atoms with Crippen molar-refractivity contribution in [3.8, 4) is 0 Å². The number of rotatable bonds is 8. The molecule has 3 aromatic carbocycles. The standard InChI is InChI=1S/C29H26N2O5S/c1-18-13-15-22(16-14-18)26(32)30-24-27(33)31(28(24)37-36)25(29(34)35)19(2)17-23(20-9-5-3-6-10-20)21-11-7-4-8-12-21/h3-16,23-24H,17H2,1-2H3,(H,30,32)(H,34,35). The molecule has 2 N–H and O–H groups in total. The van der Waals surface area contributed by atoms with Crippen molar-refractivity contribution in [2.45, 2.75) is 32.2 Å². The summed E-state index contributed by atoms with van der Waals surface area (Å²) in [6.07, 6.45) is 0.316. The lowest BCUT2D eigenvalue weighted by Gasteiger charge is -2.39. The van der Waals surface area contributed by atoms with Crippen molar-refractivity contribution < 1.29 is 23.7 Å². The third kappa shape index (κ3) is 5.44. The van der Waals surface area contributed by atoms with Crippen LogP contribution in [0.15, 0.2) is 96.2 Å². The zero-order chi connectivity index (χ0) is 26.5. The summed E-state index contributed by atoms with van der Waals surface area (Å²) in [5, 5.41) is 12.6. The van der Waals surface area contributed by atoms with Gasteiger partial charge in [0.05, 0.1) is 0 Å². The minimum atomic E-state index is -1.32. The number of aliphatic carboxylic acids is 1. The number of carboxylic acid groups (broad SMARTS) is 1. The first-order valence-electron chi connectivity index (χ1n) is 11.7. The van der Waals surface area contributed by atoms with Gasteiger partial charge < -0.3 is 10.4 Å². The van der Waals surface area contributed by atoms with Gasteiger partial charge in [0, 0.05) is 11.5 Å². The van der Waals surface area contributed by atoms with Crippen LogP contribution >= 0.6 is 0 Å². The van der Waals surface area contributed by atoms with Gasteiger partial charge in [-0.3, -0.25) is 14.5 Å². The molecule has 1 atom stereocenters. The predicted octanol–water partition coefficient (Wildman–Crippen LogP) is 3.86. The van der Waals surface area contributed by atoms with Gasteiger partial charge in [0.2, 0.25) is 0 Å². The summed E-state index contributed by atoms with van der Waals surface area (Å²) >= 11 is 0.00549. The van der Waals surface area contributed by atoms with Crippen LogP contribution in [0.5, 0.6) is 0 Å². The molecule has 0 aliphatic carbocycles. The van der Waals surface area contributed by atoms with Crippen LogP contribution in [0.4, 0.5) is 0 Å². The molecule has 37 heavy (non-hydrogen) atoms. The molecule has 2 amide bonds. The van der Waals surface area contributed by atoms with Crippen LogP contribution in [-0.2, 0) is 20.8 Å². The van der Waals surface area contributed by atoms with Gasteiger partial charge in [-0.2, -0.15) is 0 Å². The Labute approximate surface area is 218 Å². The largest absolute Gasteiger partial charge is 0.477 e. The summed E-state index contributed by atoms with van der Waals surface area (Å²) in [4.78, 5) is 38.9. The number of allylic oxidation sites excluding steroid dienone is 1. The molecule has 188 valence electrons. The zero-order valence-corrected chi connectivity index (χ0v) is 21.2. The fourth-order valence-electron chi connectivity index (χ4n) is 4.43. The Morgan fingerprint density at radius 3 is 1.97 bits per heavy atom. The normalized spacial score (nSPS) is 15.6. The third-order valence-corrected chi connectivity index (χ3v) is 6.94. The maximum Gasteiger partial charge on any atom is 0.352 e. The molecule has 3 aromatic rings. The average molecular weight is 515 g/mol. The van der Waals surface area contributed by atoms with Crippen molar-refractivity contribution in [1.82, 2.24) is 10.2 Å². The molecule has 0 spiro atoms. The molecule has 1 aliphatic heterocycles. The van der Waals surface area contributed by atoms with Crippen molar-refractivity contribution in [1.29, 1.82) is 0 Å². The molecule has 0 radical (unpaired) electrons. The summed E-state index contributed by atoms with van der Waals surface area (Å²) in [6.45, 7) is 3.54. The number of carboxylic acids is 1. The molecule has 1 saturated heterocycles. The first-order valence-corrected chi connectivity index (χ1v) is 12.5. The van der Waals surface area contributed by atoms with E-state index in [1.807, 2.05) is 67.6 Å². The zero-order valence-electron chi connectivity index (χ0n) is 20.4. The number of nitrogens with zero attached hydrogens (tertiary/aromatic N) is 1. The van der Waals surface area contributed by atoms with E-state index in [4.69, 9.17) is 0 Å². The lowest BCUT2D eigenvalue weighted by atomic mass is 9.85. The number of carbonyl (C=O) groups is 3. The van der Waals surface area contributed by atoms with Gasteiger partial charge in [-0.05, 0) is 49.1 Å². The smallest absolute Gasteiger partial charge is 0.352 e. The van der Waals surface area contributed by atoms with Crippen LogP contribution in [0, 0.1) is 6.92 Å². The highest BCUT2D eigenvalue weighted by Crippen LogP contribution is 2.33. The quantitative estimate of drug-likeness (QED) is 0.270. The SMILES string of the molecule is CC(CC(c1ccccc1)c1ccccc1)=C(C(=O)O)N1C(=O)C(NC(=O)c2ccc(C)cc2)C1=S=O. The Bertz CT molecular complexity index is 1370. The molecule has 4 rings (SSSR count). The Balaban J connectivity index is 1.63. The Kier molecular flexibility index (Phi) is 7.79. The van der Waals surface area contributed by atoms with Crippen molar-refractivity contribution in [2.75, 3.05) is 0 Å². The number of β-lactam (4-membered cyclic amide) rings is 1. The monoisotopic (exact) mass is 514 g/mol. The summed E-state index contributed by atoms with van der Waals surface area (Å²) in [5.41, 5.74) is 3.48. The van der Waals surface area contributed by atoms with Gasteiger partial charge >= 0.3 is 5.97 Å². The molecule has 1 heterocycles. The second kappa shape index (κ2) is 11.2. The van der Waals surface area contributed by atoms with Gasteiger partial charge in [0.1, 0.15) is 17.0 Å². The predicted molar refractivity (Wildman–Crippen MR) is 142 cm³/mol. The molecule has 8 heteroatoms. The Morgan fingerprint density at radius 2 is 1.49 bits per heavy atom. The average Bonchev–Trinajstić information content (AvgIpc) is 2.91. The Hall–Kier alpha value is -4.30. The minimum Gasteiger partial charge on any atom is -0.477 e. The van der Waals surface area contributed by atoms with E-state index >= 15 is 0 Å². The van der Waals surface area contributed by atoms with E-state index in [0.29, 0.717) is 17.6 Å². The number of nitrogens with one attached hydrogen (secondary N) is 1. The minimum absolute atomic E-state index is 0.00549. The topological polar surface area (TPSA) is 104 Å². The molecular formula is C29H26N2O5S. The fourth-order valence-corrected chi connectivity index (χ4v) is 4.94. The molecule has 0 saturated carbocycles. The number of aryl methyl sites for hydroxylation is 1. The fraction of sp³-hybridized carbons (Fsp3) is 0.172. The maximum absolute atomic E-state index is 13.1. The Morgan fingerprint density at radius 1 is 0.946 bits per heavy atom. The highest BCUT2D eigenvalue weighted by molar-refractivity contribution is 7.67. The van der Waals surface area contributed by atoms with Crippen LogP contribution in [0.2, 0.25) is 0 Å². The number of carbonyl (C=O) groups excluding carboxylic acids is 2. The number of hydrogen-bond acceptors (Lipinski definition) is 4. The molecule has 0 aromatic heterocycles. The van der Waals surface area contributed by atoms with E-state index in [-0.39, 0.29) is 27.9 Å². The van der Waals surface area contributed by atoms with E-state index < -0.39 is 23.8 Å². The summed E-state index contributed by atoms with van der Waals surface area (Å²) in [5.74, 6) is -2.66. The highest BCUT2D eigenvalue weighted by Gasteiger charge is 2.49. The third-order valence-electron chi connectivity index (χ3n) is 6.35. The van der Waals surface area contributed by atoms with Gasteiger partial charge in [-0.1, -0.05) is 78.4 Å². The number of likely N-dealkylation sites (tertiary alicyclic amines) is 1. The van der Waals surface area contributed by atoms with Crippen LogP contribution < -0.4 is 5.32 Å². The first kappa shape index (κ1) is 25.8. The number of benzene rings is 3. The van der Waals surface area contributed by atoms with Crippen molar-refractivity contribution in [3.05, 3.63) is 118 Å². The van der Waals surface area contributed by atoms with Crippen LogP contribution in [0.25, 0.3) is 0 Å². The first-order chi connectivity index (χ1) is 17.8. The lowest BCUT2D eigenvalue weighted by Crippen LogP contribution is -2.68. The number of hydrogen-bond donors (Lipinski definition) is 2. The van der Waals surface area contributed by atoms with Crippen molar-refractivity contribution in [2.24, 2.45) is 0 Å². The van der Waals surface area contributed by atoms with Crippen LogP contribution in [-0.4, -0.2) is 43.0 Å². The highest BCUT2D eigenvalue weighted by atomic mass is 32.1. The number of amides is 2. The van der Waals surface area contributed by atoms with Gasteiger partial charge in [-0.25, -0.2) is 9.00 Å². The molecule has 1 aliphatic rings. The molecular weight excluding hydrogens is 488 g/mol. The van der Waals surface area contributed by atoms with E-state index in [9.17, 15) is 23.7 Å². The maximum atomic E-state index is 13.1. The van der Waals surface area contributed by atoms with E-state index in [1.165, 1.54) is 0 Å². The second-order valence-corrected chi connectivity index (χ2v) is 9.46. The van der Waals surface area contributed by atoms with E-state index in [1.54, 1.807) is 31.2 Å². The van der Waals surface area contributed by atoms with Gasteiger partial charge in [0.15, 0.2) is 11.0 Å². The summed E-state index contributed by atoms with van der Waals surface area (Å²) in [6, 6.07) is 25.0. The molecule has 0 bridgehead atoms. The van der Waals surface area contributed by atoms with Crippen LogP contribution in [0.1, 0.15) is 46.3 Å². The van der Waals surface area contributed by atoms with E-state index in [2.05, 4.69) is 5.32 Å². The van der Waals surface area contributed by atoms with Crippen molar-refractivity contribution >= 4 is 34.0 Å².